The van der Waals surface area contributed by atoms with Crippen LogP contribution in [0.5, 0.6) is 0 Å². The molecule has 1 aromatic heterocycles. The van der Waals surface area contributed by atoms with Crippen LogP contribution in [0.25, 0.3) is 0 Å². The van der Waals surface area contributed by atoms with Crippen LogP contribution in [-0.4, -0.2) is 39.3 Å². The van der Waals surface area contributed by atoms with Crippen molar-refractivity contribution in [3.05, 3.63) is 12.2 Å². The highest BCUT2D eigenvalue weighted by atomic mass is 16.7. The van der Waals surface area contributed by atoms with Gasteiger partial charge in [0, 0.05) is 13.1 Å². The quantitative estimate of drug-likeness (QED) is 0.695. The topological polar surface area (TPSA) is 71.1 Å². The number of aromatic amines is 1. The summed E-state index contributed by atoms with van der Waals surface area (Å²) in [6, 6.07) is 0. The van der Waals surface area contributed by atoms with Gasteiger partial charge in [0.25, 0.3) is 0 Å². The molecule has 0 unspecified atom stereocenters. The van der Waals surface area contributed by atoms with E-state index < -0.39 is 5.97 Å². The molecule has 0 amide bonds. The highest BCUT2D eigenvalue weighted by Gasteiger charge is 2.19. The molecule has 0 radical (unpaired) electrons. The van der Waals surface area contributed by atoms with Gasteiger partial charge in [-0.2, -0.15) is 5.10 Å². The summed E-state index contributed by atoms with van der Waals surface area (Å²) in [5.41, 5.74) is 0. The minimum Gasteiger partial charge on any atom is -0.362 e. The van der Waals surface area contributed by atoms with Crippen molar-refractivity contribution < 1.29 is 9.63 Å². The SMILES string of the molecule is O=C(ON1CCCC1)c1ncn[nH]1. The first-order valence-corrected chi connectivity index (χ1v) is 4.19. The van der Waals surface area contributed by atoms with E-state index in [1.54, 1.807) is 5.06 Å². The van der Waals surface area contributed by atoms with Crippen molar-refractivity contribution in [1.82, 2.24) is 20.2 Å². The number of carbonyl (C=O) groups excluding carboxylic acids is 1. The summed E-state index contributed by atoms with van der Waals surface area (Å²) < 4.78 is 0. The number of hydrogen-bond donors (Lipinski definition) is 1. The first-order chi connectivity index (χ1) is 6.36. The molecule has 6 nitrogen and oxygen atoms in total. The Morgan fingerprint density at radius 3 is 2.92 bits per heavy atom. The van der Waals surface area contributed by atoms with Gasteiger partial charge in [0.15, 0.2) is 0 Å². The van der Waals surface area contributed by atoms with Crippen molar-refractivity contribution in [3.63, 3.8) is 0 Å². The predicted octanol–water partition coefficient (Wildman–Crippen LogP) is -0.0277. The Morgan fingerprint density at radius 2 is 2.31 bits per heavy atom. The third kappa shape index (κ3) is 1.83. The number of rotatable bonds is 2. The number of carbonyl (C=O) groups is 1. The number of hydrogen-bond acceptors (Lipinski definition) is 5. The van der Waals surface area contributed by atoms with E-state index in [4.69, 9.17) is 4.84 Å². The fourth-order valence-corrected chi connectivity index (χ4v) is 1.24. The molecule has 0 spiro atoms. The van der Waals surface area contributed by atoms with E-state index in [2.05, 4.69) is 15.2 Å². The maximum atomic E-state index is 11.3. The largest absolute Gasteiger partial charge is 0.394 e. The molecule has 0 saturated carbocycles. The molecule has 1 fully saturated rings. The lowest BCUT2D eigenvalue weighted by Gasteiger charge is -2.12. The van der Waals surface area contributed by atoms with Gasteiger partial charge >= 0.3 is 5.97 Å². The van der Waals surface area contributed by atoms with E-state index >= 15 is 0 Å². The van der Waals surface area contributed by atoms with Crippen LogP contribution >= 0.6 is 0 Å². The van der Waals surface area contributed by atoms with E-state index in [1.807, 2.05) is 0 Å². The standard InChI is InChI=1S/C7H10N4O2/c12-7(6-8-5-9-10-6)13-11-3-1-2-4-11/h5H,1-4H2,(H,8,9,10). The van der Waals surface area contributed by atoms with E-state index in [9.17, 15) is 4.79 Å². The van der Waals surface area contributed by atoms with Crippen LogP contribution in [0, 0.1) is 0 Å². The van der Waals surface area contributed by atoms with Crippen LogP contribution < -0.4 is 0 Å². The van der Waals surface area contributed by atoms with Gasteiger partial charge in [0.2, 0.25) is 5.82 Å². The summed E-state index contributed by atoms with van der Waals surface area (Å²) in [5, 5.41) is 7.65. The molecule has 2 heterocycles. The number of nitrogens with zero attached hydrogens (tertiary/aromatic N) is 3. The molecule has 0 aliphatic carbocycles. The van der Waals surface area contributed by atoms with E-state index in [0.717, 1.165) is 25.9 Å². The molecular weight excluding hydrogens is 172 g/mol. The van der Waals surface area contributed by atoms with Gasteiger partial charge in [0.1, 0.15) is 6.33 Å². The van der Waals surface area contributed by atoms with Crippen molar-refractivity contribution >= 4 is 5.97 Å². The van der Waals surface area contributed by atoms with Crippen LogP contribution in [0.1, 0.15) is 23.5 Å². The first-order valence-electron chi connectivity index (χ1n) is 4.19. The Morgan fingerprint density at radius 1 is 1.54 bits per heavy atom. The van der Waals surface area contributed by atoms with Crippen molar-refractivity contribution in [3.8, 4) is 0 Å². The van der Waals surface area contributed by atoms with E-state index in [1.165, 1.54) is 6.33 Å². The molecule has 0 aromatic carbocycles. The van der Waals surface area contributed by atoms with Crippen molar-refractivity contribution in [2.24, 2.45) is 0 Å². The van der Waals surface area contributed by atoms with Crippen LogP contribution in [-0.2, 0) is 4.84 Å². The van der Waals surface area contributed by atoms with E-state index in [0.29, 0.717) is 0 Å². The van der Waals surface area contributed by atoms with Crippen molar-refractivity contribution in [1.29, 1.82) is 0 Å². The maximum absolute atomic E-state index is 11.3. The minimum atomic E-state index is -0.473. The molecule has 1 aliphatic rings. The predicted molar refractivity (Wildman–Crippen MR) is 42.6 cm³/mol. The Hall–Kier alpha value is -1.43. The van der Waals surface area contributed by atoms with Crippen LogP contribution in [0.4, 0.5) is 0 Å². The molecule has 70 valence electrons. The minimum absolute atomic E-state index is 0.145. The lowest BCUT2D eigenvalue weighted by atomic mass is 10.4. The highest BCUT2D eigenvalue weighted by Crippen LogP contribution is 2.08. The summed E-state index contributed by atoms with van der Waals surface area (Å²) in [4.78, 5) is 20.0. The monoisotopic (exact) mass is 182 g/mol. The van der Waals surface area contributed by atoms with Gasteiger partial charge in [-0.25, -0.2) is 9.78 Å². The fraction of sp³-hybridized carbons (Fsp3) is 0.571. The Labute approximate surface area is 74.9 Å². The molecule has 0 bridgehead atoms. The second kappa shape index (κ2) is 3.53. The second-order valence-electron chi connectivity index (χ2n) is 2.85. The first kappa shape index (κ1) is 8.18. The summed E-state index contributed by atoms with van der Waals surface area (Å²) in [6.45, 7) is 1.61. The highest BCUT2D eigenvalue weighted by molar-refractivity contribution is 5.84. The summed E-state index contributed by atoms with van der Waals surface area (Å²) in [7, 11) is 0. The van der Waals surface area contributed by atoms with Gasteiger partial charge < -0.3 is 4.84 Å². The zero-order valence-corrected chi connectivity index (χ0v) is 7.06. The smallest absolute Gasteiger partial charge is 0.362 e. The lowest BCUT2D eigenvalue weighted by molar-refractivity contribution is -0.0936. The molecule has 1 aliphatic heterocycles. The summed E-state index contributed by atoms with van der Waals surface area (Å²) in [6.07, 6.45) is 3.42. The molecule has 2 rings (SSSR count). The Kier molecular flexibility index (Phi) is 2.22. The second-order valence-corrected chi connectivity index (χ2v) is 2.85. The normalized spacial score (nSPS) is 17.5. The third-order valence-corrected chi connectivity index (χ3v) is 1.89. The molecule has 6 heteroatoms. The van der Waals surface area contributed by atoms with Crippen LogP contribution in [0.15, 0.2) is 6.33 Å². The molecule has 1 N–H and O–H groups in total. The molecule has 1 aromatic rings. The summed E-state index contributed by atoms with van der Waals surface area (Å²) >= 11 is 0. The summed E-state index contributed by atoms with van der Waals surface area (Å²) in [5.74, 6) is -0.327. The Bertz CT molecular complexity index is 279. The average Bonchev–Trinajstić information content (AvgIpc) is 2.74. The van der Waals surface area contributed by atoms with Gasteiger partial charge in [-0.3, -0.25) is 5.10 Å². The molecule has 0 atom stereocenters. The maximum Gasteiger partial charge on any atom is 0.394 e. The number of H-pyrrole nitrogens is 1. The van der Waals surface area contributed by atoms with Gasteiger partial charge in [0.05, 0.1) is 0 Å². The zero-order chi connectivity index (χ0) is 9.10. The average molecular weight is 182 g/mol. The number of hydroxylamine groups is 2. The zero-order valence-electron chi connectivity index (χ0n) is 7.06. The van der Waals surface area contributed by atoms with Crippen molar-refractivity contribution in [2.45, 2.75) is 12.8 Å². The number of nitrogens with one attached hydrogen (secondary N) is 1. The Balaban J connectivity index is 1.91. The number of aromatic nitrogens is 3. The lowest BCUT2D eigenvalue weighted by Crippen LogP contribution is -2.24. The van der Waals surface area contributed by atoms with Crippen LogP contribution in [0.2, 0.25) is 0 Å². The molecular formula is C7H10N4O2. The molecule has 1 saturated heterocycles. The molecule has 13 heavy (non-hydrogen) atoms. The van der Waals surface area contributed by atoms with Crippen LogP contribution in [0.3, 0.4) is 0 Å². The van der Waals surface area contributed by atoms with E-state index in [-0.39, 0.29) is 5.82 Å². The van der Waals surface area contributed by atoms with Gasteiger partial charge in [-0.15, -0.1) is 5.06 Å². The van der Waals surface area contributed by atoms with Gasteiger partial charge in [-0.05, 0) is 12.8 Å². The van der Waals surface area contributed by atoms with Crippen molar-refractivity contribution in [2.75, 3.05) is 13.1 Å². The fourth-order valence-electron chi connectivity index (χ4n) is 1.24. The van der Waals surface area contributed by atoms with Gasteiger partial charge in [-0.1, -0.05) is 0 Å². The third-order valence-electron chi connectivity index (χ3n) is 1.89.